The summed E-state index contributed by atoms with van der Waals surface area (Å²) in [5.41, 5.74) is 0.594. The van der Waals surface area contributed by atoms with E-state index in [-0.39, 0.29) is 18.2 Å². The highest BCUT2D eigenvalue weighted by molar-refractivity contribution is 6.16. The fourth-order valence-corrected chi connectivity index (χ4v) is 1.39. The summed E-state index contributed by atoms with van der Waals surface area (Å²) in [4.78, 5) is 3.83. The molecule has 86 valence electrons. The highest BCUT2D eigenvalue weighted by Crippen LogP contribution is 2.13. The third-order valence-corrected chi connectivity index (χ3v) is 2.26. The van der Waals surface area contributed by atoms with E-state index in [9.17, 15) is 8.78 Å². The van der Waals surface area contributed by atoms with Crippen LogP contribution in [0.3, 0.4) is 0 Å². The largest absolute Gasteiger partial charge is 0.319 e. The number of hydrogen-bond donors (Lipinski definition) is 0. The van der Waals surface area contributed by atoms with E-state index in [0.717, 1.165) is 4.57 Å². The summed E-state index contributed by atoms with van der Waals surface area (Å²) < 4.78 is 27.2. The molecule has 0 bridgehead atoms. The molecule has 2 heterocycles. The molecule has 0 unspecified atom stereocenters. The molecule has 5 nitrogen and oxygen atoms in total. The van der Waals surface area contributed by atoms with Gasteiger partial charge in [-0.3, -0.25) is 4.57 Å². The summed E-state index contributed by atoms with van der Waals surface area (Å²) in [5.74, 6) is 0.463. The number of nitrogens with zero attached hydrogens (tertiary/aromatic N) is 5. The highest BCUT2D eigenvalue weighted by atomic mass is 35.5. The first-order chi connectivity index (χ1) is 7.70. The van der Waals surface area contributed by atoms with E-state index >= 15 is 0 Å². The molecule has 0 aliphatic carbocycles. The first-order valence-electron chi connectivity index (χ1n) is 4.45. The van der Waals surface area contributed by atoms with Crippen LogP contribution < -0.4 is 0 Å². The quantitative estimate of drug-likeness (QED) is 0.772. The molecule has 0 saturated heterocycles. The lowest BCUT2D eigenvalue weighted by Crippen LogP contribution is -2.09. The van der Waals surface area contributed by atoms with Crippen molar-refractivity contribution in [2.45, 2.75) is 19.0 Å². The zero-order chi connectivity index (χ0) is 11.5. The Labute approximate surface area is 94.7 Å². The first-order valence-corrected chi connectivity index (χ1v) is 4.99. The third kappa shape index (κ3) is 2.19. The van der Waals surface area contributed by atoms with Crippen molar-refractivity contribution in [3.8, 4) is 0 Å². The topological polar surface area (TPSA) is 48.5 Å². The van der Waals surface area contributed by atoms with Gasteiger partial charge in [-0.15, -0.1) is 16.7 Å². The van der Waals surface area contributed by atoms with Crippen LogP contribution in [0.15, 0.2) is 18.6 Å². The molecule has 0 saturated carbocycles. The average Bonchev–Trinajstić information content (AvgIpc) is 2.87. The van der Waals surface area contributed by atoms with Crippen molar-refractivity contribution in [1.82, 2.24) is 24.5 Å². The van der Waals surface area contributed by atoms with E-state index in [2.05, 4.69) is 15.3 Å². The molecule has 0 N–H and O–H groups in total. The predicted octanol–water partition coefficient (Wildman–Crippen LogP) is 1.66. The van der Waals surface area contributed by atoms with Gasteiger partial charge < -0.3 is 0 Å². The molecule has 0 aliphatic rings. The lowest BCUT2D eigenvalue weighted by molar-refractivity contribution is 0.0665. The molecular weight excluding hydrogens is 240 g/mol. The first kappa shape index (κ1) is 11.0. The minimum absolute atomic E-state index is 0.140. The number of hydrogen-bond acceptors (Lipinski definition) is 3. The Kier molecular flexibility index (Phi) is 3.14. The van der Waals surface area contributed by atoms with Gasteiger partial charge in [-0.05, 0) is 0 Å². The summed E-state index contributed by atoms with van der Waals surface area (Å²) in [7, 11) is 0. The molecule has 0 aromatic carbocycles. The number of rotatable bonds is 4. The van der Waals surface area contributed by atoms with Crippen LogP contribution in [0, 0.1) is 0 Å². The molecule has 0 radical (unpaired) electrons. The van der Waals surface area contributed by atoms with Crippen LogP contribution in [-0.2, 0) is 12.4 Å². The molecule has 0 aliphatic heterocycles. The smallest absolute Gasteiger partial charge is 0.276 e. The van der Waals surface area contributed by atoms with Gasteiger partial charge in [-0.25, -0.2) is 9.67 Å². The summed E-state index contributed by atoms with van der Waals surface area (Å²) in [6.45, 7) is -2.46. The molecule has 2 aromatic heterocycles. The summed E-state index contributed by atoms with van der Waals surface area (Å²) >= 11 is 5.55. The zero-order valence-electron chi connectivity index (χ0n) is 8.09. The van der Waals surface area contributed by atoms with E-state index in [1.807, 2.05) is 0 Å². The van der Waals surface area contributed by atoms with Crippen LogP contribution >= 0.6 is 11.6 Å². The van der Waals surface area contributed by atoms with E-state index in [0.29, 0.717) is 5.69 Å². The minimum atomic E-state index is -2.60. The molecular formula is C8H8ClF2N5. The Hall–Kier alpha value is -1.50. The van der Waals surface area contributed by atoms with E-state index in [1.165, 1.54) is 17.1 Å². The fraction of sp³-hybridized carbons (Fsp3) is 0.375. The minimum Gasteiger partial charge on any atom is -0.276 e. The Morgan fingerprint density at radius 3 is 2.88 bits per heavy atom. The van der Waals surface area contributed by atoms with Gasteiger partial charge in [0.15, 0.2) is 0 Å². The van der Waals surface area contributed by atoms with Crippen molar-refractivity contribution in [3.05, 3.63) is 30.1 Å². The van der Waals surface area contributed by atoms with E-state index in [1.54, 1.807) is 6.20 Å². The normalized spacial score (nSPS) is 11.2. The molecule has 0 atom stereocenters. The highest BCUT2D eigenvalue weighted by Gasteiger charge is 2.12. The lowest BCUT2D eigenvalue weighted by atomic mass is 10.5. The second-order valence-electron chi connectivity index (χ2n) is 3.07. The average molecular weight is 248 g/mol. The van der Waals surface area contributed by atoms with Crippen molar-refractivity contribution >= 4 is 11.6 Å². The van der Waals surface area contributed by atoms with Gasteiger partial charge in [0.2, 0.25) is 0 Å². The Morgan fingerprint density at radius 2 is 2.25 bits per heavy atom. The maximum Gasteiger partial charge on any atom is 0.319 e. The van der Waals surface area contributed by atoms with Gasteiger partial charge in [-0.2, -0.15) is 8.78 Å². The molecule has 0 spiro atoms. The molecule has 16 heavy (non-hydrogen) atoms. The van der Waals surface area contributed by atoms with Gasteiger partial charge in [0, 0.05) is 12.4 Å². The molecule has 0 fully saturated rings. The zero-order valence-corrected chi connectivity index (χ0v) is 8.85. The SMILES string of the molecule is FC(F)n1ccnc1Cn1cc(CCl)nn1. The van der Waals surface area contributed by atoms with Crippen LogP contribution in [-0.4, -0.2) is 24.5 Å². The van der Waals surface area contributed by atoms with Gasteiger partial charge in [-0.1, -0.05) is 5.21 Å². The van der Waals surface area contributed by atoms with Gasteiger partial charge >= 0.3 is 6.55 Å². The summed E-state index contributed by atoms with van der Waals surface area (Å²) in [6, 6.07) is 0. The van der Waals surface area contributed by atoms with Gasteiger partial charge in [0.1, 0.15) is 12.4 Å². The van der Waals surface area contributed by atoms with Crippen molar-refractivity contribution in [1.29, 1.82) is 0 Å². The van der Waals surface area contributed by atoms with Gasteiger partial charge in [0.25, 0.3) is 0 Å². The molecule has 2 rings (SSSR count). The summed E-state index contributed by atoms with van der Waals surface area (Å²) in [6.07, 6.45) is 4.14. The maximum absolute atomic E-state index is 12.5. The number of aromatic nitrogens is 5. The van der Waals surface area contributed by atoms with E-state index < -0.39 is 6.55 Å². The Balaban J connectivity index is 2.17. The van der Waals surface area contributed by atoms with Crippen molar-refractivity contribution in [3.63, 3.8) is 0 Å². The van der Waals surface area contributed by atoms with Crippen molar-refractivity contribution in [2.24, 2.45) is 0 Å². The van der Waals surface area contributed by atoms with Crippen LogP contribution in [0.5, 0.6) is 0 Å². The standard InChI is InChI=1S/C8H8ClF2N5/c9-3-6-4-15(14-13-6)5-7-12-1-2-16(7)8(10)11/h1-2,4,8H,3,5H2. The van der Waals surface area contributed by atoms with Gasteiger partial charge in [0.05, 0.1) is 17.8 Å². The van der Waals surface area contributed by atoms with Crippen LogP contribution in [0.25, 0.3) is 0 Å². The monoisotopic (exact) mass is 247 g/mol. The predicted molar refractivity (Wildman–Crippen MR) is 52.2 cm³/mol. The summed E-state index contributed by atoms with van der Waals surface area (Å²) in [5, 5.41) is 7.49. The lowest BCUT2D eigenvalue weighted by Gasteiger charge is -2.05. The Morgan fingerprint density at radius 1 is 1.44 bits per heavy atom. The number of halogens is 3. The Bertz CT molecular complexity index is 466. The van der Waals surface area contributed by atoms with Crippen molar-refractivity contribution < 1.29 is 8.78 Å². The second-order valence-corrected chi connectivity index (χ2v) is 3.34. The van der Waals surface area contributed by atoms with Crippen LogP contribution in [0.4, 0.5) is 8.78 Å². The maximum atomic E-state index is 12.5. The number of imidazole rings is 1. The fourth-order valence-electron chi connectivity index (χ4n) is 1.27. The molecule has 8 heteroatoms. The molecule has 2 aromatic rings. The molecule has 0 amide bonds. The van der Waals surface area contributed by atoms with Crippen LogP contribution in [0.1, 0.15) is 18.1 Å². The van der Waals surface area contributed by atoms with E-state index in [4.69, 9.17) is 11.6 Å². The third-order valence-electron chi connectivity index (χ3n) is 1.99. The number of alkyl halides is 3. The van der Waals surface area contributed by atoms with Crippen LogP contribution in [0.2, 0.25) is 0 Å². The second kappa shape index (κ2) is 4.56. The van der Waals surface area contributed by atoms with Crippen molar-refractivity contribution in [2.75, 3.05) is 0 Å².